The standard InChI is InChI=1S/C4H6FN5/c5-1-2-8-3(6)10-4(7)9-2/h1H2,(H4,6,7,8,9,10). The molecule has 5 nitrogen and oxygen atoms in total. The van der Waals surface area contributed by atoms with E-state index >= 15 is 0 Å². The third-order valence-electron chi connectivity index (χ3n) is 0.836. The van der Waals surface area contributed by atoms with Crippen LogP contribution in [0.15, 0.2) is 0 Å². The summed E-state index contributed by atoms with van der Waals surface area (Å²) < 4.78 is 11.8. The van der Waals surface area contributed by atoms with Gasteiger partial charge >= 0.3 is 0 Å². The maximum absolute atomic E-state index is 11.8. The molecule has 0 unspecified atom stereocenters. The maximum atomic E-state index is 11.8. The van der Waals surface area contributed by atoms with E-state index in [1.54, 1.807) is 0 Å². The number of nitrogens with two attached hydrogens (primary N) is 2. The van der Waals surface area contributed by atoms with Crippen molar-refractivity contribution in [2.75, 3.05) is 11.5 Å². The minimum Gasteiger partial charge on any atom is -0.368 e. The molecule has 0 bridgehead atoms. The highest BCUT2D eigenvalue weighted by Crippen LogP contribution is 1.98. The summed E-state index contributed by atoms with van der Waals surface area (Å²) in [5.74, 6) is -0.148. The van der Waals surface area contributed by atoms with Gasteiger partial charge in [-0.05, 0) is 0 Å². The summed E-state index contributed by atoms with van der Waals surface area (Å²) in [6.07, 6.45) is 0. The molecule has 1 aromatic heterocycles. The van der Waals surface area contributed by atoms with Crippen molar-refractivity contribution in [3.05, 3.63) is 5.82 Å². The van der Waals surface area contributed by atoms with Crippen molar-refractivity contribution in [2.24, 2.45) is 0 Å². The Morgan fingerprint density at radius 3 is 2.00 bits per heavy atom. The predicted octanol–water partition coefficient (Wildman–Crippen LogP) is -0.495. The Labute approximate surface area is 56.3 Å². The molecule has 1 rings (SSSR count). The van der Waals surface area contributed by atoms with E-state index in [9.17, 15) is 4.39 Å². The average Bonchev–Trinajstić information content (AvgIpc) is 1.85. The Morgan fingerprint density at radius 1 is 1.10 bits per heavy atom. The van der Waals surface area contributed by atoms with Gasteiger partial charge in [0.15, 0.2) is 5.82 Å². The zero-order chi connectivity index (χ0) is 7.56. The number of alkyl halides is 1. The van der Waals surface area contributed by atoms with E-state index < -0.39 is 6.67 Å². The molecule has 1 heterocycles. The lowest BCUT2D eigenvalue weighted by Gasteiger charge is -1.95. The molecule has 0 spiro atoms. The van der Waals surface area contributed by atoms with Gasteiger partial charge in [-0.2, -0.15) is 15.0 Å². The highest BCUT2D eigenvalue weighted by atomic mass is 19.1. The van der Waals surface area contributed by atoms with Gasteiger partial charge in [-0.1, -0.05) is 0 Å². The van der Waals surface area contributed by atoms with Gasteiger partial charge in [0.1, 0.15) is 6.67 Å². The number of nitrogens with zero attached hydrogens (tertiary/aromatic N) is 3. The fourth-order valence-corrected chi connectivity index (χ4v) is 0.517. The number of aromatic nitrogens is 3. The van der Waals surface area contributed by atoms with Gasteiger partial charge in [-0.15, -0.1) is 0 Å². The molecule has 0 aromatic carbocycles. The van der Waals surface area contributed by atoms with E-state index in [0.29, 0.717) is 0 Å². The van der Waals surface area contributed by atoms with Crippen molar-refractivity contribution in [2.45, 2.75) is 6.67 Å². The second kappa shape index (κ2) is 2.42. The second-order valence-corrected chi connectivity index (χ2v) is 1.60. The number of nitrogen functional groups attached to an aromatic ring is 2. The van der Waals surface area contributed by atoms with Gasteiger partial charge in [-0.25, -0.2) is 4.39 Å². The SMILES string of the molecule is Nc1nc(N)nc(CF)n1. The van der Waals surface area contributed by atoms with Crippen molar-refractivity contribution in [1.82, 2.24) is 15.0 Å². The first kappa shape index (κ1) is 6.66. The average molecular weight is 143 g/mol. The second-order valence-electron chi connectivity index (χ2n) is 1.60. The minimum atomic E-state index is -0.781. The third kappa shape index (κ3) is 1.28. The molecular formula is C4H6FN5. The zero-order valence-electron chi connectivity index (χ0n) is 5.08. The zero-order valence-corrected chi connectivity index (χ0v) is 5.08. The number of halogens is 1. The molecule has 0 fully saturated rings. The molecule has 4 N–H and O–H groups in total. The summed E-state index contributed by atoms with van der Waals surface area (Å²) >= 11 is 0. The Hall–Kier alpha value is -1.46. The van der Waals surface area contributed by atoms with Crippen LogP contribution in [0, 0.1) is 0 Å². The summed E-state index contributed by atoms with van der Waals surface area (Å²) in [6, 6.07) is 0. The van der Waals surface area contributed by atoms with Gasteiger partial charge in [0, 0.05) is 0 Å². The first-order valence-electron chi connectivity index (χ1n) is 2.54. The third-order valence-corrected chi connectivity index (χ3v) is 0.836. The minimum absolute atomic E-state index is 0.0370. The van der Waals surface area contributed by atoms with Gasteiger partial charge in [-0.3, -0.25) is 0 Å². The Morgan fingerprint density at radius 2 is 1.60 bits per heavy atom. The van der Waals surface area contributed by atoms with Crippen molar-refractivity contribution >= 4 is 11.9 Å². The fourth-order valence-electron chi connectivity index (χ4n) is 0.517. The lowest BCUT2D eigenvalue weighted by Crippen LogP contribution is -2.05. The molecule has 0 aliphatic rings. The molecule has 0 aliphatic carbocycles. The number of hydrogen-bond donors (Lipinski definition) is 2. The van der Waals surface area contributed by atoms with Crippen LogP contribution in [0.2, 0.25) is 0 Å². The van der Waals surface area contributed by atoms with Crippen LogP contribution in [0.3, 0.4) is 0 Å². The molecule has 0 atom stereocenters. The highest BCUT2D eigenvalue weighted by molar-refractivity contribution is 5.25. The van der Waals surface area contributed by atoms with Crippen molar-refractivity contribution in [3.8, 4) is 0 Å². The molecule has 1 aromatic rings. The first-order valence-corrected chi connectivity index (χ1v) is 2.54. The van der Waals surface area contributed by atoms with Crippen molar-refractivity contribution < 1.29 is 4.39 Å². The van der Waals surface area contributed by atoms with Crippen molar-refractivity contribution in [3.63, 3.8) is 0 Å². The smallest absolute Gasteiger partial charge is 0.225 e. The summed E-state index contributed by atoms with van der Waals surface area (Å²) in [6.45, 7) is -0.781. The van der Waals surface area contributed by atoms with Gasteiger partial charge in [0.05, 0.1) is 0 Å². The predicted molar refractivity (Wildman–Crippen MR) is 33.5 cm³/mol. The van der Waals surface area contributed by atoms with E-state index in [4.69, 9.17) is 11.5 Å². The van der Waals surface area contributed by atoms with E-state index in [2.05, 4.69) is 15.0 Å². The summed E-state index contributed by atoms with van der Waals surface area (Å²) in [4.78, 5) is 10.4. The van der Waals surface area contributed by atoms with Crippen LogP contribution in [0.1, 0.15) is 5.82 Å². The molecule has 54 valence electrons. The first-order chi connectivity index (χ1) is 4.72. The molecule has 0 saturated carbocycles. The molecule has 10 heavy (non-hydrogen) atoms. The topological polar surface area (TPSA) is 90.7 Å². The summed E-state index contributed by atoms with van der Waals surface area (Å²) in [7, 11) is 0. The molecule has 6 heteroatoms. The van der Waals surface area contributed by atoms with Gasteiger partial charge in [0.25, 0.3) is 0 Å². The number of hydrogen-bond acceptors (Lipinski definition) is 5. The van der Waals surface area contributed by atoms with Crippen LogP contribution in [-0.2, 0) is 6.67 Å². The van der Waals surface area contributed by atoms with E-state index in [-0.39, 0.29) is 17.7 Å². The quantitative estimate of drug-likeness (QED) is 0.553. The monoisotopic (exact) mass is 143 g/mol. The van der Waals surface area contributed by atoms with Crippen LogP contribution in [0.5, 0.6) is 0 Å². The lowest BCUT2D eigenvalue weighted by atomic mass is 10.6. The van der Waals surface area contributed by atoms with Gasteiger partial charge < -0.3 is 11.5 Å². The largest absolute Gasteiger partial charge is 0.368 e. The van der Waals surface area contributed by atoms with Crippen LogP contribution in [0.4, 0.5) is 16.3 Å². The molecule has 0 saturated heterocycles. The molecule has 0 amide bonds. The Bertz CT molecular complexity index is 217. The molecule has 0 radical (unpaired) electrons. The summed E-state index contributed by atoms with van der Waals surface area (Å²) in [5, 5.41) is 0. The van der Waals surface area contributed by atoms with Crippen LogP contribution < -0.4 is 11.5 Å². The molecule has 0 aliphatic heterocycles. The van der Waals surface area contributed by atoms with E-state index in [1.165, 1.54) is 0 Å². The van der Waals surface area contributed by atoms with Crippen LogP contribution in [0.25, 0.3) is 0 Å². The normalized spacial score (nSPS) is 9.70. The molecular weight excluding hydrogens is 137 g/mol. The number of anilines is 2. The van der Waals surface area contributed by atoms with Gasteiger partial charge in [0.2, 0.25) is 11.9 Å². The van der Waals surface area contributed by atoms with E-state index in [1.807, 2.05) is 0 Å². The lowest BCUT2D eigenvalue weighted by molar-refractivity contribution is 0.465. The summed E-state index contributed by atoms with van der Waals surface area (Å²) in [5.41, 5.74) is 10.3. The maximum Gasteiger partial charge on any atom is 0.225 e. The Balaban J connectivity index is 3.06. The number of rotatable bonds is 1. The van der Waals surface area contributed by atoms with Crippen molar-refractivity contribution in [1.29, 1.82) is 0 Å². The van der Waals surface area contributed by atoms with Crippen LogP contribution >= 0.6 is 0 Å². The van der Waals surface area contributed by atoms with E-state index in [0.717, 1.165) is 0 Å². The Kier molecular flexibility index (Phi) is 1.61. The van der Waals surface area contributed by atoms with Crippen LogP contribution in [-0.4, -0.2) is 15.0 Å². The highest BCUT2D eigenvalue weighted by Gasteiger charge is 1.98. The fraction of sp³-hybridized carbons (Fsp3) is 0.250.